The molecule has 0 saturated carbocycles. The summed E-state index contributed by atoms with van der Waals surface area (Å²) in [6.07, 6.45) is 4.75. The van der Waals surface area contributed by atoms with Crippen LogP contribution in [0.15, 0.2) is 4.99 Å². The van der Waals surface area contributed by atoms with Gasteiger partial charge in [0.05, 0.1) is 6.61 Å². The minimum atomic E-state index is 0. The summed E-state index contributed by atoms with van der Waals surface area (Å²) in [5, 5.41) is 6.62. The fourth-order valence-corrected chi connectivity index (χ4v) is 1.63. The number of rotatable bonds is 10. The topological polar surface area (TPSA) is 45.6 Å². The van der Waals surface area contributed by atoms with Crippen LogP contribution in [0, 0.1) is 5.92 Å². The average Bonchev–Trinajstić information content (AvgIpc) is 2.41. The van der Waals surface area contributed by atoms with Gasteiger partial charge in [-0.15, -0.1) is 24.0 Å². The molecule has 0 heterocycles. The molecule has 116 valence electrons. The van der Waals surface area contributed by atoms with E-state index in [0.717, 1.165) is 44.6 Å². The quantitative estimate of drug-likeness (QED) is 0.263. The number of unbranched alkanes of at least 4 members (excludes halogenated alkanes) is 1. The predicted octanol–water partition coefficient (Wildman–Crippen LogP) is 3.02. The van der Waals surface area contributed by atoms with E-state index >= 15 is 0 Å². The maximum absolute atomic E-state index is 5.49. The molecule has 0 unspecified atom stereocenters. The number of halogens is 1. The Hall–Kier alpha value is -0.0400. The molecule has 5 heteroatoms. The second-order valence-corrected chi connectivity index (χ2v) is 4.53. The van der Waals surface area contributed by atoms with Crippen LogP contribution in [0.1, 0.15) is 46.5 Å². The highest BCUT2D eigenvalue weighted by atomic mass is 127. The van der Waals surface area contributed by atoms with Gasteiger partial charge in [0.1, 0.15) is 0 Å². The standard InChI is InChI=1S/C14H31N3O.HI/c1-5-8-10-18-11-9-16-14(15-4)17-12-13(6-2)7-3;/h13H,5-12H2,1-4H3,(H2,15,16,17);1H. The Balaban J connectivity index is 0. The van der Waals surface area contributed by atoms with E-state index in [-0.39, 0.29) is 24.0 Å². The molecular weight excluding hydrogens is 353 g/mol. The van der Waals surface area contributed by atoms with Crippen LogP contribution in [0.2, 0.25) is 0 Å². The third-order valence-corrected chi connectivity index (χ3v) is 3.12. The Morgan fingerprint density at radius 2 is 1.79 bits per heavy atom. The van der Waals surface area contributed by atoms with E-state index in [4.69, 9.17) is 4.74 Å². The van der Waals surface area contributed by atoms with Crippen molar-refractivity contribution in [3.63, 3.8) is 0 Å². The third-order valence-electron chi connectivity index (χ3n) is 3.12. The SMILES string of the molecule is CCCCOCCNC(=NC)NCC(CC)CC.I. The van der Waals surface area contributed by atoms with E-state index in [1.165, 1.54) is 19.3 Å². The molecule has 0 fully saturated rings. The molecule has 0 spiro atoms. The summed E-state index contributed by atoms with van der Waals surface area (Å²) in [6.45, 7) is 10.0. The summed E-state index contributed by atoms with van der Waals surface area (Å²) >= 11 is 0. The van der Waals surface area contributed by atoms with E-state index in [1.807, 2.05) is 0 Å². The summed E-state index contributed by atoms with van der Waals surface area (Å²) in [5.41, 5.74) is 0. The lowest BCUT2D eigenvalue weighted by Gasteiger charge is -2.16. The van der Waals surface area contributed by atoms with Crippen LogP contribution in [0.3, 0.4) is 0 Å². The lowest BCUT2D eigenvalue weighted by atomic mass is 10.0. The van der Waals surface area contributed by atoms with Gasteiger partial charge in [-0.1, -0.05) is 40.0 Å². The summed E-state index contributed by atoms with van der Waals surface area (Å²) in [6, 6.07) is 0. The van der Waals surface area contributed by atoms with Gasteiger partial charge in [-0.2, -0.15) is 0 Å². The van der Waals surface area contributed by atoms with E-state index in [2.05, 4.69) is 36.4 Å². The number of hydrogen-bond donors (Lipinski definition) is 2. The molecule has 0 aromatic carbocycles. The second-order valence-electron chi connectivity index (χ2n) is 4.53. The largest absolute Gasteiger partial charge is 0.380 e. The van der Waals surface area contributed by atoms with Crippen molar-refractivity contribution in [2.45, 2.75) is 46.5 Å². The monoisotopic (exact) mass is 385 g/mol. The van der Waals surface area contributed by atoms with Gasteiger partial charge in [0.15, 0.2) is 5.96 Å². The zero-order valence-corrected chi connectivity index (χ0v) is 15.3. The van der Waals surface area contributed by atoms with Crippen LogP contribution in [-0.2, 0) is 4.74 Å². The highest BCUT2D eigenvalue weighted by Gasteiger charge is 2.04. The van der Waals surface area contributed by atoms with Gasteiger partial charge >= 0.3 is 0 Å². The van der Waals surface area contributed by atoms with Crippen LogP contribution in [-0.4, -0.2) is 39.3 Å². The average molecular weight is 385 g/mol. The normalized spacial score (nSPS) is 11.3. The maximum Gasteiger partial charge on any atom is 0.191 e. The molecule has 4 nitrogen and oxygen atoms in total. The van der Waals surface area contributed by atoms with Crippen molar-refractivity contribution in [3.8, 4) is 0 Å². The lowest BCUT2D eigenvalue weighted by Crippen LogP contribution is -2.41. The number of hydrogen-bond acceptors (Lipinski definition) is 2. The van der Waals surface area contributed by atoms with Gasteiger partial charge in [-0.25, -0.2) is 0 Å². The molecule has 0 rings (SSSR count). The Bertz CT molecular complexity index is 209. The van der Waals surface area contributed by atoms with Gasteiger partial charge in [-0.3, -0.25) is 4.99 Å². The van der Waals surface area contributed by atoms with Crippen molar-refractivity contribution < 1.29 is 4.74 Å². The van der Waals surface area contributed by atoms with Crippen molar-refractivity contribution in [2.24, 2.45) is 10.9 Å². The van der Waals surface area contributed by atoms with Crippen molar-refractivity contribution in [3.05, 3.63) is 0 Å². The van der Waals surface area contributed by atoms with Gasteiger partial charge in [0.2, 0.25) is 0 Å². The number of aliphatic imine (C=N–C) groups is 1. The van der Waals surface area contributed by atoms with Gasteiger partial charge in [0.25, 0.3) is 0 Å². The van der Waals surface area contributed by atoms with Crippen molar-refractivity contribution in [2.75, 3.05) is 33.4 Å². The lowest BCUT2D eigenvalue weighted by molar-refractivity contribution is 0.136. The molecule has 0 bridgehead atoms. The first-order chi connectivity index (χ1) is 8.78. The molecule has 0 aliphatic rings. The highest BCUT2D eigenvalue weighted by molar-refractivity contribution is 14.0. The molecule has 2 N–H and O–H groups in total. The number of nitrogens with one attached hydrogen (secondary N) is 2. The van der Waals surface area contributed by atoms with Gasteiger partial charge in [0, 0.05) is 26.7 Å². The second kappa shape index (κ2) is 16.0. The summed E-state index contributed by atoms with van der Waals surface area (Å²) in [7, 11) is 1.81. The molecule has 0 aliphatic heterocycles. The van der Waals surface area contributed by atoms with Crippen LogP contribution in [0.5, 0.6) is 0 Å². The molecule has 0 saturated heterocycles. The van der Waals surface area contributed by atoms with Gasteiger partial charge in [-0.05, 0) is 12.3 Å². The number of nitrogens with zero attached hydrogens (tertiary/aromatic N) is 1. The number of ether oxygens (including phenoxy) is 1. The molecule has 0 aliphatic carbocycles. The summed E-state index contributed by atoms with van der Waals surface area (Å²) in [5.74, 6) is 1.60. The number of guanidine groups is 1. The van der Waals surface area contributed by atoms with E-state index in [1.54, 1.807) is 7.05 Å². The Labute approximate surface area is 136 Å². The fraction of sp³-hybridized carbons (Fsp3) is 0.929. The molecule has 0 radical (unpaired) electrons. The fourth-order valence-electron chi connectivity index (χ4n) is 1.63. The minimum Gasteiger partial charge on any atom is -0.380 e. The van der Waals surface area contributed by atoms with E-state index in [9.17, 15) is 0 Å². The van der Waals surface area contributed by atoms with Crippen LogP contribution in [0.25, 0.3) is 0 Å². The third kappa shape index (κ3) is 12.7. The first kappa shape index (κ1) is 21.3. The molecule has 19 heavy (non-hydrogen) atoms. The smallest absolute Gasteiger partial charge is 0.191 e. The molecule has 0 aromatic rings. The molecular formula is C14H32IN3O. The summed E-state index contributed by atoms with van der Waals surface area (Å²) < 4.78 is 5.49. The zero-order chi connectivity index (χ0) is 13.6. The first-order valence-electron chi connectivity index (χ1n) is 7.30. The predicted molar refractivity (Wildman–Crippen MR) is 94.6 cm³/mol. The van der Waals surface area contributed by atoms with Crippen LogP contribution in [0.4, 0.5) is 0 Å². The van der Waals surface area contributed by atoms with Crippen molar-refractivity contribution >= 4 is 29.9 Å². The Kier molecular flexibility index (Phi) is 17.9. The Morgan fingerprint density at radius 3 is 2.32 bits per heavy atom. The molecule has 0 amide bonds. The van der Waals surface area contributed by atoms with E-state index in [0.29, 0.717) is 0 Å². The van der Waals surface area contributed by atoms with Crippen molar-refractivity contribution in [1.82, 2.24) is 10.6 Å². The van der Waals surface area contributed by atoms with E-state index < -0.39 is 0 Å². The highest BCUT2D eigenvalue weighted by Crippen LogP contribution is 2.04. The zero-order valence-electron chi connectivity index (χ0n) is 13.0. The molecule has 0 atom stereocenters. The maximum atomic E-state index is 5.49. The van der Waals surface area contributed by atoms with Crippen LogP contribution < -0.4 is 10.6 Å². The first-order valence-corrected chi connectivity index (χ1v) is 7.30. The van der Waals surface area contributed by atoms with Gasteiger partial charge < -0.3 is 15.4 Å². The van der Waals surface area contributed by atoms with Crippen molar-refractivity contribution in [1.29, 1.82) is 0 Å². The summed E-state index contributed by atoms with van der Waals surface area (Å²) in [4.78, 5) is 4.20. The Morgan fingerprint density at radius 1 is 1.11 bits per heavy atom. The molecule has 0 aromatic heterocycles. The minimum absolute atomic E-state index is 0. The van der Waals surface area contributed by atoms with Crippen LogP contribution >= 0.6 is 24.0 Å².